The van der Waals surface area contributed by atoms with E-state index >= 15 is 0 Å². The van der Waals surface area contributed by atoms with Crippen molar-refractivity contribution in [3.05, 3.63) is 59.8 Å². The maximum Gasteiger partial charge on any atom is 0.00238 e. The van der Waals surface area contributed by atoms with Crippen molar-refractivity contribution in [3.63, 3.8) is 0 Å². The van der Waals surface area contributed by atoms with Gasteiger partial charge in [0.2, 0.25) is 0 Å². The molecule has 0 aromatic rings. The summed E-state index contributed by atoms with van der Waals surface area (Å²) >= 11 is 0. The first-order valence-corrected chi connectivity index (χ1v) is 7.33. The van der Waals surface area contributed by atoms with Crippen LogP contribution >= 0.6 is 0 Å². The minimum atomic E-state index is 0.609. The van der Waals surface area contributed by atoms with E-state index < -0.39 is 0 Å². The standard InChI is InChI=1S/C18H24/c1-2-3-11-16-14-9-6-10-15-18(16)17-12-7-4-5-8-13-17/h4,6-7,9-10,12,14-16H,2-3,5,8,11,13H2,1H3. The van der Waals surface area contributed by atoms with Crippen LogP contribution in [-0.2, 0) is 0 Å². The fraction of sp³-hybridized carbons (Fsp3) is 0.444. The van der Waals surface area contributed by atoms with Gasteiger partial charge in [0.15, 0.2) is 0 Å². The highest BCUT2D eigenvalue weighted by Crippen LogP contribution is 2.31. The van der Waals surface area contributed by atoms with Gasteiger partial charge in [0.1, 0.15) is 0 Å². The Bertz CT molecular complexity index is 402. The van der Waals surface area contributed by atoms with Gasteiger partial charge in [-0.3, -0.25) is 0 Å². The number of hydrogen-bond acceptors (Lipinski definition) is 0. The highest BCUT2D eigenvalue weighted by atomic mass is 14.2. The second-order valence-corrected chi connectivity index (χ2v) is 5.15. The molecule has 0 fully saturated rings. The molecule has 2 rings (SSSR count). The zero-order valence-corrected chi connectivity index (χ0v) is 11.4. The average Bonchev–Trinajstić information content (AvgIpc) is 2.78. The van der Waals surface area contributed by atoms with Crippen LogP contribution in [0.3, 0.4) is 0 Å². The van der Waals surface area contributed by atoms with E-state index in [4.69, 9.17) is 0 Å². The average molecular weight is 240 g/mol. The van der Waals surface area contributed by atoms with Gasteiger partial charge in [0, 0.05) is 5.92 Å². The van der Waals surface area contributed by atoms with Gasteiger partial charge < -0.3 is 0 Å². The molecule has 0 bridgehead atoms. The predicted octanol–water partition coefficient (Wildman–Crippen LogP) is 5.51. The lowest BCUT2D eigenvalue weighted by molar-refractivity contribution is 0.617. The van der Waals surface area contributed by atoms with E-state index in [0.29, 0.717) is 5.92 Å². The molecule has 0 saturated carbocycles. The van der Waals surface area contributed by atoms with Crippen molar-refractivity contribution >= 4 is 0 Å². The Labute approximate surface area is 111 Å². The summed E-state index contributed by atoms with van der Waals surface area (Å²) in [5.41, 5.74) is 3.08. The van der Waals surface area contributed by atoms with Gasteiger partial charge in [-0.1, -0.05) is 68.4 Å². The lowest BCUT2D eigenvalue weighted by atomic mass is 9.86. The van der Waals surface area contributed by atoms with Crippen LogP contribution in [0.15, 0.2) is 59.8 Å². The monoisotopic (exact) mass is 240 g/mol. The molecule has 0 radical (unpaired) electrons. The Morgan fingerprint density at radius 2 is 2.06 bits per heavy atom. The van der Waals surface area contributed by atoms with Crippen LogP contribution in [-0.4, -0.2) is 0 Å². The zero-order valence-electron chi connectivity index (χ0n) is 11.4. The number of allylic oxidation sites excluding steroid dienone is 10. The first-order chi connectivity index (χ1) is 8.92. The number of rotatable bonds is 4. The quantitative estimate of drug-likeness (QED) is 0.607. The molecular weight excluding hydrogens is 216 g/mol. The fourth-order valence-corrected chi connectivity index (χ4v) is 2.68. The van der Waals surface area contributed by atoms with E-state index in [2.05, 4.69) is 55.5 Å². The number of unbranched alkanes of at least 4 members (excludes halogenated alkanes) is 1. The Morgan fingerprint density at radius 1 is 1.11 bits per heavy atom. The molecule has 2 aliphatic rings. The molecule has 0 aromatic carbocycles. The Balaban J connectivity index is 2.17. The van der Waals surface area contributed by atoms with Crippen LogP contribution in [0.25, 0.3) is 0 Å². The van der Waals surface area contributed by atoms with E-state index in [-0.39, 0.29) is 0 Å². The third kappa shape index (κ3) is 3.60. The number of hydrogen-bond donors (Lipinski definition) is 0. The Morgan fingerprint density at radius 3 is 2.94 bits per heavy atom. The predicted molar refractivity (Wildman–Crippen MR) is 80.5 cm³/mol. The van der Waals surface area contributed by atoms with E-state index in [1.165, 1.54) is 38.5 Å². The third-order valence-corrected chi connectivity index (χ3v) is 3.73. The summed E-state index contributed by atoms with van der Waals surface area (Å²) in [4.78, 5) is 0. The van der Waals surface area contributed by atoms with Crippen LogP contribution in [0.1, 0.15) is 45.4 Å². The third-order valence-electron chi connectivity index (χ3n) is 3.73. The molecule has 0 spiro atoms. The summed E-state index contributed by atoms with van der Waals surface area (Å²) in [7, 11) is 0. The van der Waals surface area contributed by atoms with Gasteiger partial charge in [-0.2, -0.15) is 0 Å². The molecule has 0 heteroatoms. The van der Waals surface area contributed by atoms with Gasteiger partial charge >= 0.3 is 0 Å². The van der Waals surface area contributed by atoms with Gasteiger partial charge in [0.25, 0.3) is 0 Å². The molecule has 0 aromatic heterocycles. The normalized spacial score (nSPS) is 23.3. The van der Waals surface area contributed by atoms with Crippen LogP contribution in [0.2, 0.25) is 0 Å². The highest BCUT2D eigenvalue weighted by Gasteiger charge is 2.15. The second-order valence-electron chi connectivity index (χ2n) is 5.15. The molecule has 1 atom stereocenters. The minimum Gasteiger partial charge on any atom is -0.0845 e. The van der Waals surface area contributed by atoms with Gasteiger partial charge in [-0.05, 0) is 36.8 Å². The Kier molecular flexibility index (Phi) is 5.26. The lowest BCUT2D eigenvalue weighted by Gasteiger charge is -2.19. The molecule has 2 aliphatic carbocycles. The topological polar surface area (TPSA) is 0 Å². The second kappa shape index (κ2) is 7.20. The van der Waals surface area contributed by atoms with Gasteiger partial charge in [-0.15, -0.1) is 0 Å². The van der Waals surface area contributed by atoms with Crippen LogP contribution in [0.4, 0.5) is 0 Å². The van der Waals surface area contributed by atoms with E-state index in [1.54, 1.807) is 11.1 Å². The summed E-state index contributed by atoms with van der Waals surface area (Å²) in [5.74, 6) is 0.609. The fourth-order valence-electron chi connectivity index (χ4n) is 2.68. The summed E-state index contributed by atoms with van der Waals surface area (Å²) in [6.45, 7) is 2.27. The van der Waals surface area contributed by atoms with Crippen molar-refractivity contribution < 1.29 is 0 Å². The van der Waals surface area contributed by atoms with E-state index in [1.807, 2.05) is 0 Å². The van der Waals surface area contributed by atoms with Crippen molar-refractivity contribution in [2.75, 3.05) is 0 Å². The molecule has 18 heavy (non-hydrogen) atoms. The molecule has 0 amide bonds. The van der Waals surface area contributed by atoms with Crippen molar-refractivity contribution in [3.8, 4) is 0 Å². The summed E-state index contributed by atoms with van der Waals surface area (Å²) in [5, 5.41) is 0. The molecule has 96 valence electrons. The maximum atomic E-state index is 2.38. The first kappa shape index (κ1) is 13.1. The molecule has 0 nitrogen and oxygen atoms in total. The van der Waals surface area contributed by atoms with E-state index in [9.17, 15) is 0 Å². The highest BCUT2D eigenvalue weighted by molar-refractivity contribution is 5.42. The summed E-state index contributed by atoms with van der Waals surface area (Å²) in [6.07, 6.45) is 25.7. The van der Waals surface area contributed by atoms with Gasteiger partial charge in [0.05, 0.1) is 0 Å². The molecule has 0 heterocycles. The Hall–Kier alpha value is -1.30. The maximum absolute atomic E-state index is 2.38. The first-order valence-electron chi connectivity index (χ1n) is 7.33. The van der Waals surface area contributed by atoms with E-state index in [0.717, 1.165) is 0 Å². The zero-order chi connectivity index (χ0) is 12.6. The molecule has 0 aliphatic heterocycles. The van der Waals surface area contributed by atoms with Crippen molar-refractivity contribution in [1.82, 2.24) is 0 Å². The van der Waals surface area contributed by atoms with Crippen LogP contribution in [0.5, 0.6) is 0 Å². The minimum absolute atomic E-state index is 0.609. The summed E-state index contributed by atoms with van der Waals surface area (Å²) in [6, 6.07) is 0. The van der Waals surface area contributed by atoms with Crippen LogP contribution < -0.4 is 0 Å². The molecule has 0 saturated heterocycles. The van der Waals surface area contributed by atoms with Crippen molar-refractivity contribution in [2.45, 2.75) is 45.4 Å². The van der Waals surface area contributed by atoms with Crippen molar-refractivity contribution in [2.24, 2.45) is 5.92 Å². The van der Waals surface area contributed by atoms with Gasteiger partial charge in [-0.25, -0.2) is 0 Å². The summed E-state index contributed by atoms with van der Waals surface area (Å²) < 4.78 is 0. The largest absolute Gasteiger partial charge is 0.0845 e. The SMILES string of the molecule is CCCCC1C=CC=CC=C1C1=CC=CCCC1. The molecular formula is C18H24. The molecule has 1 unspecified atom stereocenters. The lowest BCUT2D eigenvalue weighted by Crippen LogP contribution is -2.04. The van der Waals surface area contributed by atoms with Crippen molar-refractivity contribution in [1.29, 1.82) is 0 Å². The van der Waals surface area contributed by atoms with Crippen LogP contribution in [0, 0.1) is 5.92 Å². The molecule has 0 N–H and O–H groups in total. The smallest absolute Gasteiger partial charge is 0.00238 e.